The smallest absolute Gasteiger partial charge is 0.251 e. The third-order valence-electron chi connectivity index (χ3n) is 3.19. The van der Waals surface area contributed by atoms with Crippen molar-refractivity contribution in [3.63, 3.8) is 0 Å². The second-order valence-corrected chi connectivity index (χ2v) is 4.92. The lowest BCUT2D eigenvalue weighted by Crippen LogP contribution is -2.35. The number of amides is 1. The minimum absolute atomic E-state index is 0.153. The number of ether oxygens (including phenoxy) is 1. The molecule has 2 atom stereocenters. The van der Waals surface area contributed by atoms with Crippen molar-refractivity contribution in [1.82, 2.24) is 5.32 Å². The van der Waals surface area contributed by atoms with Gasteiger partial charge in [-0.1, -0.05) is 31.9 Å². The topological polar surface area (TPSA) is 58.6 Å². The number of hydrogen-bond acceptors (Lipinski definition) is 3. The standard InChI is InChI=1S/C14H20ClNO3/c1-4-9(2)12(17)8-16-14(18)10-5-6-11(15)13(7-10)19-3/h5-7,9,12,17H,4,8H2,1-3H3,(H,16,18). The maximum Gasteiger partial charge on any atom is 0.251 e. The van der Waals surface area contributed by atoms with E-state index in [9.17, 15) is 9.90 Å². The first-order valence-electron chi connectivity index (χ1n) is 6.29. The molecular formula is C14H20ClNO3. The average molecular weight is 286 g/mol. The molecule has 2 unspecified atom stereocenters. The van der Waals surface area contributed by atoms with Crippen LogP contribution < -0.4 is 10.1 Å². The molecule has 4 nitrogen and oxygen atoms in total. The van der Waals surface area contributed by atoms with E-state index >= 15 is 0 Å². The van der Waals surface area contributed by atoms with E-state index in [1.165, 1.54) is 7.11 Å². The van der Waals surface area contributed by atoms with Crippen LogP contribution in [0.3, 0.4) is 0 Å². The van der Waals surface area contributed by atoms with Crippen molar-refractivity contribution in [2.45, 2.75) is 26.4 Å². The Kier molecular flexibility index (Phi) is 6.12. The molecule has 0 radical (unpaired) electrons. The molecule has 0 spiro atoms. The number of carbonyl (C=O) groups excluding carboxylic acids is 1. The summed E-state index contributed by atoms with van der Waals surface area (Å²) in [7, 11) is 1.50. The summed E-state index contributed by atoms with van der Waals surface area (Å²) >= 11 is 5.89. The number of rotatable bonds is 6. The van der Waals surface area contributed by atoms with Gasteiger partial charge in [-0.05, 0) is 24.1 Å². The van der Waals surface area contributed by atoms with Crippen LogP contribution in [0.5, 0.6) is 5.75 Å². The van der Waals surface area contributed by atoms with Crippen molar-refractivity contribution in [3.05, 3.63) is 28.8 Å². The molecule has 0 fully saturated rings. The molecule has 0 aliphatic carbocycles. The first-order valence-corrected chi connectivity index (χ1v) is 6.67. The molecule has 0 bridgehead atoms. The monoisotopic (exact) mass is 285 g/mol. The molecule has 0 aliphatic rings. The van der Waals surface area contributed by atoms with Crippen LogP contribution in [-0.2, 0) is 0 Å². The SMILES string of the molecule is CCC(C)C(O)CNC(=O)c1ccc(Cl)c(OC)c1. The maximum absolute atomic E-state index is 11.9. The van der Waals surface area contributed by atoms with Crippen LogP contribution in [-0.4, -0.2) is 30.8 Å². The van der Waals surface area contributed by atoms with Gasteiger partial charge in [0.15, 0.2) is 0 Å². The number of hydrogen-bond donors (Lipinski definition) is 2. The van der Waals surface area contributed by atoms with Gasteiger partial charge in [-0.15, -0.1) is 0 Å². The maximum atomic E-state index is 11.9. The largest absolute Gasteiger partial charge is 0.495 e. The molecular weight excluding hydrogens is 266 g/mol. The van der Waals surface area contributed by atoms with Crippen LogP contribution in [0, 0.1) is 5.92 Å². The Labute approximate surface area is 118 Å². The highest BCUT2D eigenvalue weighted by atomic mass is 35.5. The molecule has 0 aromatic heterocycles. The molecule has 1 aromatic carbocycles. The van der Waals surface area contributed by atoms with Crippen molar-refractivity contribution in [2.24, 2.45) is 5.92 Å². The fourth-order valence-electron chi connectivity index (χ4n) is 1.57. The lowest BCUT2D eigenvalue weighted by molar-refractivity contribution is 0.0850. The van der Waals surface area contributed by atoms with Crippen LogP contribution >= 0.6 is 11.6 Å². The van der Waals surface area contributed by atoms with E-state index in [0.717, 1.165) is 6.42 Å². The van der Waals surface area contributed by atoms with Crippen LogP contribution in [0.15, 0.2) is 18.2 Å². The van der Waals surface area contributed by atoms with E-state index < -0.39 is 6.10 Å². The number of aliphatic hydroxyl groups is 1. The Hall–Kier alpha value is -1.26. The molecule has 2 N–H and O–H groups in total. The van der Waals surface area contributed by atoms with Gasteiger partial charge in [0.05, 0.1) is 18.2 Å². The van der Waals surface area contributed by atoms with Crippen LogP contribution in [0.1, 0.15) is 30.6 Å². The van der Waals surface area contributed by atoms with Crippen molar-refractivity contribution in [3.8, 4) is 5.75 Å². The number of nitrogens with one attached hydrogen (secondary N) is 1. The summed E-state index contributed by atoms with van der Waals surface area (Å²) in [6.07, 6.45) is 0.328. The van der Waals surface area contributed by atoms with Crippen LogP contribution in [0.2, 0.25) is 5.02 Å². The first kappa shape index (κ1) is 15.8. The van der Waals surface area contributed by atoms with E-state index in [4.69, 9.17) is 16.3 Å². The summed E-state index contributed by atoms with van der Waals surface area (Å²) in [6, 6.07) is 4.81. The average Bonchev–Trinajstić information content (AvgIpc) is 2.43. The molecule has 0 saturated carbocycles. The van der Waals surface area contributed by atoms with Gasteiger partial charge in [0.2, 0.25) is 0 Å². The fraction of sp³-hybridized carbons (Fsp3) is 0.500. The van der Waals surface area contributed by atoms with Gasteiger partial charge in [-0.25, -0.2) is 0 Å². The number of benzene rings is 1. The van der Waals surface area contributed by atoms with Crippen molar-refractivity contribution in [2.75, 3.05) is 13.7 Å². The Morgan fingerprint density at radius 2 is 2.21 bits per heavy atom. The molecule has 5 heteroatoms. The van der Waals surface area contributed by atoms with Crippen molar-refractivity contribution >= 4 is 17.5 Å². The van der Waals surface area contributed by atoms with E-state index in [1.54, 1.807) is 18.2 Å². The second-order valence-electron chi connectivity index (χ2n) is 4.51. The summed E-state index contributed by atoms with van der Waals surface area (Å²) in [5.74, 6) is 0.356. The Morgan fingerprint density at radius 1 is 1.53 bits per heavy atom. The van der Waals surface area contributed by atoms with Gasteiger partial charge >= 0.3 is 0 Å². The lowest BCUT2D eigenvalue weighted by Gasteiger charge is -2.17. The number of aliphatic hydroxyl groups excluding tert-OH is 1. The predicted molar refractivity (Wildman–Crippen MR) is 75.8 cm³/mol. The van der Waals surface area contributed by atoms with Gasteiger partial charge in [0.1, 0.15) is 5.75 Å². The quantitative estimate of drug-likeness (QED) is 0.844. The third-order valence-corrected chi connectivity index (χ3v) is 3.50. The molecule has 19 heavy (non-hydrogen) atoms. The molecule has 0 aliphatic heterocycles. The van der Waals surface area contributed by atoms with Gasteiger partial charge in [0.25, 0.3) is 5.91 Å². The minimum atomic E-state index is -0.539. The number of halogens is 1. The molecule has 1 amide bonds. The first-order chi connectivity index (χ1) is 8.99. The summed E-state index contributed by atoms with van der Waals surface area (Å²) in [6.45, 7) is 4.18. The minimum Gasteiger partial charge on any atom is -0.495 e. The zero-order valence-corrected chi connectivity index (χ0v) is 12.2. The Morgan fingerprint density at radius 3 is 2.79 bits per heavy atom. The van der Waals surface area contributed by atoms with E-state index in [2.05, 4.69) is 5.32 Å². The van der Waals surface area contributed by atoms with Crippen molar-refractivity contribution in [1.29, 1.82) is 0 Å². The van der Waals surface area contributed by atoms with E-state index in [-0.39, 0.29) is 18.4 Å². The summed E-state index contributed by atoms with van der Waals surface area (Å²) in [5.41, 5.74) is 0.456. The van der Waals surface area contributed by atoms with Crippen molar-refractivity contribution < 1.29 is 14.6 Å². The highest BCUT2D eigenvalue weighted by Gasteiger charge is 2.14. The molecule has 0 saturated heterocycles. The zero-order valence-electron chi connectivity index (χ0n) is 11.4. The highest BCUT2D eigenvalue weighted by molar-refractivity contribution is 6.32. The number of carbonyl (C=O) groups is 1. The molecule has 1 rings (SSSR count). The normalized spacial score (nSPS) is 13.7. The molecule has 106 valence electrons. The van der Waals surface area contributed by atoms with E-state index in [1.807, 2.05) is 13.8 Å². The predicted octanol–water partition coefficient (Wildman–Crippen LogP) is 2.49. The summed E-state index contributed by atoms with van der Waals surface area (Å²) < 4.78 is 5.06. The van der Waals surface area contributed by atoms with Gasteiger partial charge < -0.3 is 15.2 Å². The summed E-state index contributed by atoms with van der Waals surface area (Å²) in [4.78, 5) is 11.9. The van der Waals surface area contributed by atoms with E-state index in [0.29, 0.717) is 16.3 Å². The highest BCUT2D eigenvalue weighted by Crippen LogP contribution is 2.24. The Balaban J connectivity index is 2.63. The van der Waals surface area contributed by atoms with Gasteiger partial charge in [0, 0.05) is 12.1 Å². The second kappa shape index (κ2) is 7.36. The molecule has 0 heterocycles. The lowest BCUT2D eigenvalue weighted by atomic mass is 10.0. The number of methoxy groups -OCH3 is 1. The van der Waals surface area contributed by atoms with Crippen LogP contribution in [0.25, 0.3) is 0 Å². The van der Waals surface area contributed by atoms with Gasteiger partial charge in [-0.3, -0.25) is 4.79 Å². The Bertz CT molecular complexity index is 437. The zero-order chi connectivity index (χ0) is 14.4. The van der Waals surface area contributed by atoms with Gasteiger partial charge in [-0.2, -0.15) is 0 Å². The van der Waals surface area contributed by atoms with Crippen LogP contribution in [0.4, 0.5) is 0 Å². The summed E-state index contributed by atoms with van der Waals surface area (Å²) in [5, 5.41) is 13.0. The third kappa shape index (κ3) is 4.40. The fourth-order valence-corrected chi connectivity index (χ4v) is 1.77. The molecule has 1 aromatic rings.